The predicted molar refractivity (Wildman–Crippen MR) is 117 cm³/mol. The van der Waals surface area contributed by atoms with Gasteiger partial charge in [-0.05, 0) is 67.8 Å². The summed E-state index contributed by atoms with van der Waals surface area (Å²) in [6.45, 7) is 3.60. The summed E-state index contributed by atoms with van der Waals surface area (Å²) >= 11 is 3.42. The highest BCUT2D eigenvalue weighted by Gasteiger charge is 2.26. The summed E-state index contributed by atoms with van der Waals surface area (Å²) in [5.74, 6) is 0.934. The average molecular weight is 497 g/mol. The third kappa shape index (κ3) is 5.96. The molecule has 1 aliphatic heterocycles. The number of hydrogen-bond donors (Lipinski definition) is 1. The molecule has 2 aromatic carbocycles. The van der Waals surface area contributed by atoms with Gasteiger partial charge in [-0.15, -0.1) is 0 Å². The molecule has 1 heterocycles. The molecule has 7 nitrogen and oxygen atoms in total. The summed E-state index contributed by atoms with van der Waals surface area (Å²) in [6, 6.07) is 11.9. The van der Waals surface area contributed by atoms with E-state index in [4.69, 9.17) is 9.47 Å². The summed E-state index contributed by atoms with van der Waals surface area (Å²) < 4.78 is 38.5. The normalized spacial score (nSPS) is 14.5. The third-order valence-electron chi connectivity index (χ3n) is 4.72. The topological polar surface area (TPSA) is 84.9 Å². The summed E-state index contributed by atoms with van der Waals surface area (Å²) in [4.78, 5) is 12.2. The van der Waals surface area contributed by atoms with E-state index in [-0.39, 0.29) is 24.0 Å². The molecule has 0 radical (unpaired) electrons. The van der Waals surface area contributed by atoms with Gasteiger partial charge in [-0.25, -0.2) is 8.42 Å². The maximum Gasteiger partial charge on any atom is 0.258 e. The third-order valence-corrected chi connectivity index (χ3v) is 7.52. The summed E-state index contributed by atoms with van der Waals surface area (Å²) in [5.41, 5.74) is 1.03. The molecule has 30 heavy (non-hydrogen) atoms. The lowest BCUT2D eigenvalue weighted by atomic mass is 10.2. The van der Waals surface area contributed by atoms with Gasteiger partial charge in [0.05, 0.1) is 11.4 Å². The average Bonchev–Trinajstić information content (AvgIpc) is 3.28. The van der Waals surface area contributed by atoms with E-state index in [1.165, 1.54) is 4.31 Å². The lowest BCUT2D eigenvalue weighted by molar-refractivity contribution is -0.123. The number of nitrogens with zero attached hydrogens (tertiary/aromatic N) is 1. The van der Waals surface area contributed by atoms with Crippen molar-refractivity contribution < 1.29 is 22.7 Å². The minimum atomic E-state index is -3.42. The van der Waals surface area contributed by atoms with Crippen molar-refractivity contribution in [1.29, 1.82) is 0 Å². The fourth-order valence-electron chi connectivity index (χ4n) is 3.05. The first-order chi connectivity index (χ1) is 14.4. The Balaban J connectivity index is 1.38. The summed E-state index contributed by atoms with van der Waals surface area (Å²) in [6.07, 6.45) is 1.81. The number of sulfonamides is 1. The van der Waals surface area contributed by atoms with Crippen molar-refractivity contribution in [3.8, 4) is 11.5 Å². The number of hydrogen-bond acceptors (Lipinski definition) is 5. The zero-order valence-electron chi connectivity index (χ0n) is 16.8. The van der Waals surface area contributed by atoms with Crippen LogP contribution in [0.4, 0.5) is 0 Å². The van der Waals surface area contributed by atoms with Crippen LogP contribution in [0.2, 0.25) is 0 Å². The largest absolute Gasteiger partial charge is 0.492 e. The number of nitrogens with one attached hydrogen (secondary N) is 1. The molecule has 0 atom stereocenters. The van der Waals surface area contributed by atoms with Crippen LogP contribution in [-0.2, 0) is 14.8 Å². The molecule has 1 amide bonds. The van der Waals surface area contributed by atoms with E-state index in [0.29, 0.717) is 31.1 Å². The number of halogens is 1. The second-order valence-corrected chi connectivity index (χ2v) is 9.77. The Labute approximate surface area is 185 Å². The van der Waals surface area contributed by atoms with Gasteiger partial charge >= 0.3 is 0 Å². The molecule has 0 aliphatic carbocycles. The fourth-order valence-corrected chi connectivity index (χ4v) is 4.82. The molecule has 1 saturated heterocycles. The van der Waals surface area contributed by atoms with Gasteiger partial charge in [0, 0.05) is 17.6 Å². The second kappa shape index (κ2) is 10.3. The van der Waals surface area contributed by atoms with E-state index in [1.54, 1.807) is 30.3 Å². The van der Waals surface area contributed by atoms with Crippen LogP contribution in [0, 0.1) is 6.92 Å². The van der Waals surface area contributed by atoms with Gasteiger partial charge in [-0.3, -0.25) is 4.79 Å². The molecular formula is C21H25BrN2O5S. The second-order valence-electron chi connectivity index (χ2n) is 6.98. The quantitative estimate of drug-likeness (QED) is 0.539. The van der Waals surface area contributed by atoms with Crippen molar-refractivity contribution in [3.63, 3.8) is 0 Å². The van der Waals surface area contributed by atoms with Crippen LogP contribution in [-0.4, -0.2) is 51.5 Å². The van der Waals surface area contributed by atoms with Crippen LogP contribution in [0.25, 0.3) is 0 Å². The number of ether oxygens (including phenoxy) is 2. The van der Waals surface area contributed by atoms with E-state index in [1.807, 2.05) is 19.1 Å². The Morgan fingerprint density at radius 2 is 1.73 bits per heavy atom. The number of rotatable bonds is 9. The van der Waals surface area contributed by atoms with Crippen LogP contribution in [0.5, 0.6) is 11.5 Å². The smallest absolute Gasteiger partial charge is 0.258 e. The van der Waals surface area contributed by atoms with Crippen LogP contribution in [0.3, 0.4) is 0 Å². The number of aryl methyl sites for hydroxylation is 1. The molecule has 0 saturated carbocycles. The number of carbonyl (C=O) groups is 1. The van der Waals surface area contributed by atoms with E-state index in [2.05, 4.69) is 21.2 Å². The summed E-state index contributed by atoms with van der Waals surface area (Å²) in [7, 11) is -3.42. The van der Waals surface area contributed by atoms with Crippen LogP contribution in [0.1, 0.15) is 18.4 Å². The minimum Gasteiger partial charge on any atom is -0.492 e. The lowest BCUT2D eigenvalue weighted by Gasteiger charge is -2.15. The Morgan fingerprint density at radius 3 is 2.40 bits per heavy atom. The van der Waals surface area contributed by atoms with Crippen LogP contribution < -0.4 is 14.8 Å². The van der Waals surface area contributed by atoms with Gasteiger partial charge in [0.25, 0.3) is 5.91 Å². The van der Waals surface area contributed by atoms with Gasteiger partial charge in [0.15, 0.2) is 6.61 Å². The molecule has 1 fully saturated rings. The van der Waals surface area contributed by atoms with Crippen molar-refractivity contribution in [2.75, 3.05) is 32.8 Å². The maximum absolute atomic E-state index is 12.5. The van der Waals surface area contributed by atoms with Crippen molar-refractivity contribution in [3.05, 3.63) is 52.5 Å². The van der Waals surface area contributed by atoms with E-state index in [9.17, 15) is 13.2 Å². The first-order valence-corrected chi connectivity index (χ1v) is 12.0. The zero-order chi connectivity index (χ0) is 21.6. The molecule has 3 rings (SSSR count). The highest BCUT2D eigenvalue weighted by atomic mass is 79.9. The Hall–Kier alpha value is -2.10. The SMILES string of the molecule is Cc1cc(OCC(=O)NCCOc2ccc(S(=O)(=O)N3CCCC3)cc2)ccc1Br. The van der Waals surface area contributed by atoms with Crippen molar-refractivity contribution in [1.82, 2.24) is 9.62 Å². The zero-order valence-corrected chi connectivity index (χ0v) is 19.2. The molecule has 0 unspecified atom stereocenters. The van der Waals surface area contributed by atoms with E-state index < -0.39 is 10.0 Å². The highest BCUT2D eigenvalue weighted by Crippen LogP contribution is 2.23. The van der Waals surface area contributed by atoms with Gasteiger partial charge in [0.2, 0.25) is 10.0 Å². The Kier molecular flexibility index (Phi) is 7.74. The fraction of sp³-hybridized carbons (Fsp3) is 0.381. The van der Waals surface area contributed by atoms with Crippen molar-refractivity contribution >= 4 is 31.9 Å². The minimum absolute atomic E-state index is 0.0792. The van der Waals surface area contributed by atoms with Crippen molar-refractivity contribution in [2.24, 2.45) is 0 Å². The highest BCUT2D eigenvalue weighted by molar-refractivity contribution is 9.10. The molecule has 0 aromatic heterocycles. The molecule has 9 heteroatoms. The predicted octanol–water partition coefficient (Wildman–Crippen LogP) is 3.12. The molecule has 1 aliphatic rings. The molecule has 162 valence electrons. The number of amides is 1. The maximum atomic E-state index is 12.5. The standard InChI is InChI=1S/C21H25BrN2O5S/c1-16-14-18(6-9-20(16)22)29-15-21(25)23-10-13-28-17-4-7-19(8-5-17)30(26,27)24-11-2-3-12-24/h4-9,14H,2-3,10-13,15H2,1H3,(H,23,25). The molecule has 0 spiro atoms. The van der Waals surface area contributed by atoms with Gasteiger partial charge in [0.1, 0.15) is 18.1 Å². The van der Waals surface area contributed by atoms with Gasteiger partial charge in [-0.1, -0.05) is 15.9 Å². The first-order valence-electron chi connectivity index (χ1n) is 9.75. The van der Waals surface area contributed by atoms with Gasteiger partial charge in [-0.2, -0.15) is 4.31 Å². The van der Waals surface area contributed by atoms with Crippen LogP contribution in [0.15, 0.2) is 51.8 Å². The van der Waals surface area contributed by atoms with Gasteiger partial charge < -0.3 is 14.8 Å². The number of carbonyl (C=O) groups excluding carboxylic acids is 1. The molecule has 1 N–H and O–H groups in total. The van der Waals surface area contributed by atoms with E-state index in [0.717, 1.165) is 22.9 Å². The van der Waals surface area contributed by atoms with Crippen LogP contribution >= 0.6 is 15.9 Å². The monoisotopic (exact) mass is 496 g/mol. The van der Waals surface area contributed by atoms with E-state index >= 15 is 0 Å². The Bertz CT molecular complexity index is 973. The summed E-state index contributed by atoms with van der Waals surface area (Å²) in [5, 5.41) is 2.72. The number of benzene rings is 2. The molecule has 0 bridgehead atoms. The lowest BCUT2D eigenvalue weighted by Crippen LogP contribution is -2.32. The van der Waals surface area contributed by atoms with Crippen molar-refractivity contribution in [2.45, 2.75) is 24.7 Å². The molecule has 2 aromatic rings. The first kappa shape index (κ1) is 22.6. The Morgan fingerprint density at radius 1 is 1.07 bits per heavy atom. The molecular weight excluding hydrogens is 472 g/mol.